The molecular formula is C19H28N2O3. The van der Waals surface area contributed by atoms with Crippen LogP contribution in [0.15, 0.2) is 30.3 Å². The smallest absolute Gasteiger partial charge is 0.225 e. The van der Waals surface area contributed by atoms with Crippen molar-refractivity contribution in [2.24, 2.45) is 11.8 Å². The Morgan fingerprint density at radius 1 is 1.29 bits per heavy atom. The van der Waals surface area contributed by atoms with E-state index < -0.39 is 0 Å². The fraction of sp³-hybridized carbons (Fsp3) is 0.579. The second kappa shape index (κ2) is 8.29. The molecule has 5 heteroatoms. The van der Waals surface area contributed by atoms with E-state index in [1.807, 2.05) is 51.1 Å². The molecule has 1 aromatic carbocycles. The molecule has 3 unspecified atom stereocenters. The number of carbonyl (C=O) groups is 2. The van der Waals surface area contributed by atoms with Gasteiger partial charge in [0.15, 0.2) is 0 Å². The summed E-state index contributed by atoms with van der Waals surface area (Å²) in [6.07, 6.45) is 0.793. The van der Waals surface area contributed by atoms with Gasteiger partial charge in [-0.1, -0.05) is 44.2 Å². The van der Waals surface area contributed by atoms with E-state index in [1.54, 1.807) is 4.90 Å². The minimum atomic E-state index is -0.316. The van der Waals surface area contributed by atoms with Crippen LogP contribution >= 0.6 is 0 Å². The van der Waals surface area contributed by atoms with Crippen LogP contribution in [0.1, 0.15) is 45.2 Å². The maximum atomic E-state index is 12.5. The first kappa shape index (κ1) is 18.5. The summed E-state index contributed by atoms with van der Waals surface area (Å²) in [6.45, 7) is 6.53. The Kier molecular flexibility index (Phi) is 6.37. The average molecular weight is 332 g/mol. The topological polar surface area (TPSA) is 69.6 Å². The molecule has 0 aromatic heterocycles. The van der Waals surface area contributed by atoms with Gasteiger partial charge in [0.1, 0.15) is 0 Å². The summed E-state index contributed by atoms with van der Waals surface area (Å²) in [4.78, 5) is 26.7. The summed E-state index contributed by atoms with van der Waals surface area (Å²) < 4.78 is 0. The lowest BCUT2D eigenvalue weighted by atomic mass is 9.99. The third kappa shape index (κ3) is 4.35. The summed E-state index contributed by atoms with van der Waals surface area (Å²) in [5.41, 5.74) is 1.08. The first-order chi connectivity index (χ1) is 11.4. The van der Waals surface area contributed by atoms with E-state index in [4.69, 9.17) is 5.11 Å². The van der Waals surface area contributed by atoms with Crippen LogP contribution < -0.4 is 5.32 Å². The minimum Gasteiger partial charge on any atom is -0.396 e. The standard InChI is InChI=1S/C19H28N2O3/c1-13(2)17(9-10-22)20-19(24)16-11-18(23)21(12-16)14(3)15-7-5-4-6-8-15/h4-8,13-14,16-17,22H,9-12H2,1-3H3,(H,20,24). The fourth-order valence-electron chi connectivity index (χ4n) is 3.20. The van der Waals surface area contributed by atoms with Crippen LogP contribution in [0, 0.1) is 11.8 Å². The first-order valence-electron chi connectivity index (χ1n) is 8.69. The molecule has 3 atom stereocenters. The van der Waals surface area contributed by atoms with Crippen LogP contribution in [-0.2, 0) is 9.59 Å². The summed E-state index contributed by atoms with van der Waals surface area (Å²) in [7, 11) is 0. The molecule has 1 fully saturated rings. The van der Waals surface area contributed by atoms with Crippen molar-refractivity contribution < 1.29 is 14.7 Å². The van der Waals surface area contributed by atoms with E-state index in [0.29, 0.717) is 13.0 Å². The quantitative estimate of drug-likeness (QED) is 0.803. The minimum absolute atomic E-state index is 0.0229. The lowest BCUT2D eigenvalue weighted by Crippen LogP contribution is -2.43. The molecule has 0 radical (unpaired) electrons. The number of likely N-dealkylation sites (tertiary alicyclic amines) is 1. The molecule has 1 aliphatic heterocycles. The third-order valence-electron chi connectivity index (χ3n) is 4.85. The molecule has 0 bridgehead atoms. The fourth-order valence-corrected chi connectivity index (χ4v) is 3.20. The molecule has 1 heterocycles. The summed E-state index contributed by atoms with van der Waals surface area (Å²) in [5.74, 6) is -0.130. The van der Waals surface area contributed by atoms with Gasteiger partial charge < -0.3 is 15.3 Å². The zero-order valence-corrected chi connectivity index (χ0v) is 14.7. The zero-order chi connectivity index (χ0) is 17.7. The van der Waals surface area contributed by atoms with Gasteiger partial charge in [0.25, 0.3) is 0 Å². The van der Waals surface area contributed by atoms with Gasteiger partial charge in [-0.25, -0.2) is 0 Å². The Morgan fingerprint density at radius 2 is 1.96 bits per heavy atom. The summed E-state index contributed by atoms with van der Waals surface area (Å²) in [6, 6.07) is 9.78. The Labute approximate surface area is 144 Å². The number of benzene rings is 1. The number of amides is 2. The molecule has 5 nitrogen and oxygen atoms in total. The highest BCUT2D eigenvalue weighted by Crippen LogP contribution is 2.28. The molecule has 1 aliphatic rings. The number of rotatable bonds is 7. The number of nitrogens with zero attached hydrogens (tertiary/aromatic N) is 1. The highest BCUT2D eigenvalue weighted by molar-refractivity contribution is 5.89. The van der Waals surface area contributed by atoms with Crippen molar-refractivity contribution in [2.45, 2.75) is 45.7 Å². The van der Waals surface area contributed by atoms with E-state index in [9.17, 15) is 9.59 Å². The van der Waals surface area contributed by atoms with Crippen LogP contribution in [0.5, 0.6) is 0 Å². The summed E-state index contributed by atoms with van der Waals surface area (Å²) in [5, 5.41) is 12.1. The number of hydrogen-bond acceptors (Lipinski definition) is 3. The van der Waals surface area contributed by atoms with E-state index in [1.165, 1.54) is 0 Å². The predicted molar refractivity (Wildman–Crippen MR) is 93.1 cm³/mol. The molecule has 24 heavy (non-hydrogen) atoms. The maximum absolute atomic E-state index is 12.5. The van der Waals surface area contributed by atoms with Gasteiger partial charge >= 0.3 is 0 Å². The molecule has 132 valence electrons. The van der Waals surface area contributed by atoms with Crippen molar-refractivity contribution in [3.05, 3.63) is 35.9 Å². The van der Waals surface area contributed by atoms with E-state index in [0.717, 1.165) is 5.56 Å². The Balaban J connectivity index is 1.99. The van der Waals surface area contributed by atoms with Crippen molar-refractivity contribution in [1.82, 2.24) is 10.2 Å². The lowest BCUT2D eigenvalue weighted by molar-refractivity contribution is -0.130. The lowest BCUT2D eigenvalue weighted by Gasteiger charge is -2.26. The van der Waals surface area contributed by atoms with E-state index in [-0.39, 0.29) is 48.8 Å². The second-order valence-electron chi connectivity index (χ2n) is 6.91. The van der Waals surface area contributed by atoms with E-state index in [2.05, 4.69) is 5.32 Å². The predicted octanol–water partition coefficient (Wildman–Crippen LogP) is 2.12. The number of aliphatic hydroxyl groups is 1. The van der Waals surface area contributed by atoms with Gasteiger partial charge in [-0.05, 0) is 24.8 Å². The molecule has 1 saturated heterocycles. The van der Waals surface area contributed by atoms with Crippen molar-refractivity contribution in [2.75, 3.05) is 13.2 Å². The Bertz CT molecular complexity index is 559. The van der Waals surface area contributed by atoms with Crippen molar-refractivity contribution in [3.63, 3.8) is 0 Å². The highest BCUT2D eigenvalue weighted by Gasteiger charge is 2.37. The first-order valence-corrected chi connectivity index (χ1v) is 8.69. The highest BCUT2D eigenvalue weighted by atomic mass is 16.3. The van der Waals surface area contributed by atoms with Crippen LogP contribution in [-0.4, -0.2) is 41.0 Å². The van der Waals surface area contributed by atoms with Gasteiger partial charge in [0.2, 0.25) is 11.8 Å². The molecule has 2 rings (SSSR count). The molecule has 1 aromatic rings. The Morgan fingerprint density at radius 3 is 2.54 bits per heavy atom. The van der Waals surface area contributed by atoms with E-state index >= 15 is 0 Å². The average Bonchev–Trinajstić information content (AvgIpc) is 2.96. The summed E-state index contributed by atoms with van der Waals surface area (Å²) >= 11 is 0. The molecular weight excluding hydrogens is 304 g/mol. The van der Waals surface area contributed by atoms with Gasteiger partial charge in [0, 0.05) is 25.6 Å². The second-order valence-corrected chi connectivity index (χ2v) is 6.91. The number of carbonyl (C=O) groups excluding carboxylic acids is 2. The SMILES string of the molecule is CC(C)C(CCO)NC(=O)C1CC(=O)N(C(C)c2ccccc2)C1. The number of hydrogen-bond donors (Lipinski definition) is 2. The third-order valence-corrected chi connectivity index (χ3v) is 4.85. The van der Waals surface area contributed by atoms with Gasteiger partial charge in [-0.3, -0.25) is 9.59 Å². The molecule has 2 N–H and O–H groups in total. The number of aliphatic hydroxyl groups excluding tert-OH is 1. The van der Waals surface area contributed by atoms with Crippen LogP contribution in [0.2, 0.25) is 0 Å². The monoisotopic (exact) mass is 332 g/mol. The largest absolute Gasteiger partial charge is 0.396 e. The molecule has 0 aliphatic carbocycles. The van der Waals surface area contributed by atoms with Gasteiger partial charge in [-0.2, -0.15) is 0 Å². The number of nitrogens with one attached hydrogen (secondary N) is 1. The van der Waals surface area contributed by atoms with Gasteiger partial charge in [0.05, 0.1) is 12.0 Å². The van der Waals surface area contributed by atoms with Crippen molar-refractivity contribution in [1.29, 1.82) is 0 Å². The van der Waals surface area contributed by atoms with Crippen LogP contribution in [0.4, 0.5) is 0 Å². The Hall–Kier alpha value is -1.88. The molecule has 0 spiro atoms. The van der Waals surface area contributed by atoms with Crippen molar-refractivity contribution in [3.8, 4) is 0 Å². The molecule has 0 saturated carbocycles. The normalized spacial score (nSPS) is 20.3. The van der Waals surface area contributed by atoms with Gasteiger partial charge in [-0.15, -0.1) is 0 Å². The zero-order valence-electron chi connectivity index (χ0n) is 14.7. The van der Waals surface area contributed by atoms with Crippen LogP contribution in [0.25, 0.3) is 0 Å². The maximum Gasteiger partial charge on any atom is 0.225 e. The van der Waals surface area contributed by atoms with Crippen molar-refractivity contribution >= 4 is 11.8 Å². The van der Waals surface area contributed by atoms with Crippen LogP contribution in [0.3, 0.4) is 0 Å². The molecule has 2 amide bonds.